The van der Waals surface area contributed by atoms with E-state index in [2.05, 4.69) is 67.6 Å². The van der Waals surface area contributed by atoms with E-state index < -0.39 is 5.97 Å². The Hall–Kier alpha value is -3.39. The van der Waals surface area contributed by atoms with Crippen LogP contribution in [0.25, 0.3) is 11.0 Å². The molecule has 0 saturated heterocycles. The minimum atomic E-state index is -0.528. The molecule has 2 aromatic heterocycles. The van der Waals surface area contributed by atoms with E-state index in [9.17, 15) is 9.59 Å². The van der Waals surface area contributed by atoms with Crippen LogP contribution in [0.5, 0.6) is 0 Å². The van der Waals surface area contributed by atoms with Gasteiger partial charge in [0.25, 0.3) is 0 Å². The molecule has 0 unspecified atom stereocenters. The van der Waals surface area contributed by atoms with Crippen LogP contribution in [-0.2, 0) is 27.4 Å². The van der Waals surface area contributed by atoms with Gasteiger partial charge in [-0.2, -0.15) is 0 Å². The Morgan fingerprint density at radius 2 is 1.80 bits per heavy atom. The molecule has 188 valence electrons. The van der Waals surface area contributed by atoms with Gasteiger partial charge in [-0.25, -0.2) is 9.78 Å². The number of amides is 1. The highest BCUT2D eigenvalue weighted by Gasteiger charge is 2.26. The molecule has 0 saturated carbocycles. The van der Waals surface area contributed by atoms with Crippen molar-refractivity contribution in [3.63, 3.8) is 0 Å². The summed E-state index contributed by atoms with van der Waals surface area (Å²) in [7, 11) is 2.78. The van der Waals surface area contributed by atoms with Crippen LogP contribution in [0.3, 0.4) is 0 Å². The fraction of sp³-hybridized carbons (Fsp3) is 0.444. The number of ether oxygens (including phenoxy) is 2. The molecular formula is C27H36N4O4. The Kier molecular flexibility index (Phi) is 8.87. The number of aryl methyl sites for hydroxylation is 1. The number of esters is 1. The summed E-state index contributed by atoms with van der Waals surface area (Å²) < 4.78 is 11.9. The van der Waals surface area contributed by atoms with Crippen molar-refractivity contribution in [1.29, 1.82) is 0 Å². The monoisotopic (exact) mass is 480 g/mol. The van der Waals surface area contributed by atoms with Crippen molar-refractivity contribution in [1.82, 2.24) is 9.55 Å². The van der Waals surface area contributed by atoms with Crippen molar-refractivity contribution in [2.75, 3.05) is 31.5 Å². The topological polar surface area (TPSA) is 94.5 Å². The number of anilines is 2. The molecule has 1 aromatic carbocycles. The number of rotatable bonds is 11. The van der Waals surface area contributed by atoms with Crippen molar-refractivity contribution in [2.45, 2.75) is 53.1 Å². The van der Waals surface area contributed by atoms with E-state index in [0.717, 1.165) is 17.7 Å². The molecule has 8 heteroatoms. The molecule has 0 aliphatic heterocycles. The third kappa shape index (κ3) is 6.39. The molecule has 0 bridgehead atoms. The van der Waals surface area contributed by atoms with E-state index in [1.165, 1.54) is 19.8 Å². The Morgan fingerprint density at radius 3 is 2.40 bits per heavy atom. The summed E-state index contributed by atoms with van der Waals surface area (Å²) in [6.07, 6.45) is 2.59. The first kappa shape index (κ1) is 26.2. The average molecular weight is 481 g/mol. The number of fused-ring (bicyclic) bond motifs is 1. The van der Waals surface area contributed by atoms with Crippen LogP contribution in [0.15, 0.2) is 36.5 Å². The van der Waals surface area contributed by atoms with Crippen LogP contribution in [0.1, 0.15) is 61.6 Å². The zero-order valence-electron chi connectivity index (χ0n) is 21.5. The summed E-state index contributed by atoms with van der Waals surface area (Å²) in [5, 5.41) is 6.91. The number of benzene rings is 1. The lowest BCUT2D eigenvalue weighted by molar-refractivity contribution is -0.119. The van der Waals surface area contributed by atoms with Crippen LogP contribution in [-0.4, -0.2) is 42.3 Å². The highest BCUT2D eigenvalue weighted by Crippen LogP contribution is 2.33. The predicted octanol–water partition coefficient (Wildman–Crippen LogP) is 5.19. The van der Waals surface area contributed by atoms with E-state index in [-0.39, 0.29) is 18.2 Å². The Morgan fingerprint density at radius 1 is 1.09 bits per heavy atom. The summed E-state index contributed by atoms with van der Waals surface area (Å²) in [4.78, 5) is 29.9. The maximum Gasteiger partial charge on any atom is 0.356 e. The molecular weight excluding hydrogens is 444 g/mol. The van der Waals surface area contributed by atoms with Gasteiger partial charge >= 0.3 is 5.97 Å². The normalized spacial score (nSPS) is 11.3. The van der Waals surface area contributed by atoms with Gasteiger partial charge in [-0.05, 0) is 35.4 Å². The lowest BCUT2D eigenvalue weighted by atomic mass is 10.0. The fourth-order valence-electron chi connectivity index (χ4n) is 3.89. The average Bonchev–Trinajstić information content (AvgIpc) is 3.13. The third-order valence-electron chi connectivity index (χ3n) is 5.89. The van der Waals surface area contributed by atoms with E-state index >= 15 is 0 Å². The minimum Gasteiger partial charge on any atom is -0.464 e. The summed E-state index contributed by atoms with van der Waals surface area (Å²) >= 11 is 0. The SMILES string of the molecule is COCC(=O)Nc1c(C(=O)OC)n(CCC(C)C)c2ncc(NCc3ccc(C(C)C)cc3)cc12. The van der Waals surface area contributed by atoms with Crippen molar-refractivity contribution >= 4 is 34.3 Å². The maximum absolute atomic E-state index is 12.8. The Bertz CT molecular complexity index is 1170. The second-order valence-corrected chi connectivity index (χ2v) is 9.38. The number of carbonyl (C=O) groups excluding carboxylic acids is 2. The van der Waals surface area contributed by atoms with Crippen LogP contribution in [0.4, 0.5) is 11.4 Å². The van der Waals surface area contributed by atoms with Gasteiger partial charge in [-0.15, -0.1) is 0 Å². The molecule has 1 amide bonds. The number of hydrogen-bond acceptors (Lipinski definition) is 6. The number of hydrogen-bond donors (Lipinski definition) is 2. The predicted molar refractivity (Wildman–Crippen MR) is 139 cm³/mol. The summed E-state index contributed by atoms with van der Waals surface area (Å²) in [6, 6.07) is 10.4. The van der Waals surface area contributed by atoms with Gasteiger partial charge < -0.3 is 24.7 Å². The summed E-state index contributed by atoms with van der Waals surface area (Å²) in [5.41, 5.74) is 4.51. The highest BCUT2D eigenvalue weighted by molar-refractivity contribution is 6.11. The third-order valence-corrected chi connectivity index (χ3v) is 5.89. The van der Waals surface area contributed by atoms with Crippen molar-refractivity contribution in [3.05, 3.63) is 53.3 Å². The second-order valence-electron chi connectivity index (χ2n) is 9.38. The molecule has 3 aromatic rings. The van der Waals surface area contributed by atoms with E-state index in [1.807, 2.05) is 10.6 Å². The number of carbonyl (C=O) groups is 2. The number of nitrogens with one attached hydrogen (secondary N) is 2. The Labute approximate surface area is 207 Å². The zero-order chi connectivity index (χ0) is 25.5. The van der Waals surface area contributed by atoms with Crippen LogP contribution >= 0.6 is 0 Å². The standard InChI is InChI=1S/C27H36N4O4/c1-17(2)11-12-31-25(27(33)35-6)24(30-23(32)16-34-5)22-13-21(15-29-26(22)31)28-14-19-7-9-20(10-8-19)18(3)4/h7-10,13,15,17-18,28H,11-12,14,16H2,1-6H3,(H,30,32). The lowest BCUT2D eigenvalue weighted by Gasteiger charge is -2.12. The van der Waals surface area contributed by atoms with Crippen LogP contribution in [0.2, 0.25) is 0 Å². The van der Waals surface area contributed by atoms with E-state index in [4.69, 9.17) is 9.47 Å². The van der Waals surface area contributed by atoms with Crippen molar-refractivity contribution in [2.24, 2.45) is 5.92 Å². The molecule has 0 spiro atoms. The van der Waals surface area contributed by atoms with Crippen molar-refractivity contribution < 1.29 is 19.1 Å². The van der Waals surface area contributed by atoms with Gasteiger partial charge in [-0.3, -0.25) is 4.79 Å². The number of aromatic nitrogens is 2. The molecule has 0 aliphatic carbocycles. The van der Waals surface area contributed by atoms with Gasteiger partial charge in [-0.1, -0.05) is 52.0 Å². The largest absolute Gasteiger partial charge is 0.464 e. The molecule has 8 nitrogen and oxygen atoms in total. The fourth-order valence-corrected chi connectivity index (χ4v) is 3.89. The first-order chi connectivity index (χ1) is 16.7. The molecule has 35 heavy (non-hydrogen) atoms. The first-order valence-electron chi connectivity index (χ1n) is 12.0. The highest BCUT2D eigenvalue weighted by atomic mass is 16.5. The lowest BCUT2D eigenvalue weighted by Crippen LogP contribution is -2.20. The second kappa shape index (κ2) is 11.8. The van der Waals surface area contributed by atoms with E-state index in [1.54, 1.807) is 6.20 Å². The molecule has 2 heterocycles. The maximum atomic E-state index is 12.8. The molecule has 0 atom stereocenters. The van der Waals surface area contributed by atoms with Crippen LogP contribution < -0.4 is 10.6 Å². The minimum absolute atomic E-state index is 0.128. The summed E-state index contributed by atoms with van der Waals surface area (Å²) in [6.45, 7) is 9.65. The molecule has 0 aliphatic rings. The van der Waals surface area contributed by atoms with Crippen molar-refractivity contribution in [3.8, 4) is 0 Å². The Balaban J connectivity index is 2.00. The van der Waals surface area contributed by atoms with E-state index in [0.29, 0.717) is 41.6 Å². The van der Waals surface area contributed by atoms with Gasteiger partial charge in [0.1, 0.15) is 12.3 Å². The number of methoxy groups -OCH3 is 2. The smallest absolute Gasteiger partial charge is 0.356 e. The number of pyridine rings is 1. The molecule has 2 N–H and O–H groups in total. The van der Waals surface area contributed by atoms with Gasteiger partial charge in [0.15, 0.2) is 5.69 Å². The van der Waals surface area contributed by atoms with Crippen LogP contribution in [0, 0.1) is 5.92 Å². The number of nitrogens with zero attached hydrogens (tertiary/aromatic N) is 2. The van der Waals surface area contributed by atoms with Gasteiger partial charge in [0, 0.05) is 25.6 Å². The quantitative estimate of drug-likeness (QED) is 0.367. The van der Waals surface area contributed by atoms with Gasteiger partial charge in [0.2, 0.25) is 5.91 Å². The molecule has 0 radical (unpaired) electrons. The molecule has 3 rings (SSSR count). The van der Waals surface area contributed by atoms with Gasteiger partial charge in [0.05, 0.1) is 24.7 Å². The first-order valence-corrected chi connectivity index (χ1v) is 12.0. The molecule has 0 fully saturated rings. The zero-order valence-corrected chi connectivity index (χ0v) is 21.5. The summed E-state index contributed by atoms with van der Waals surface area (Å²) in [5.74, 6) is 0.0231.